The van der Waals surface area contributed by atoms with E-state index < -0.39 is 17.9 Å². The molecule has 2 unspecified atom stereocenters. The monoisotopic (exact) mass is 443 g/mol. The Kier molecular flexibility index (Phi) is 5.64. The van der Waals surface area contributed by atoms with Gasteiger partial charge in [0.2, 0.25) is 11.9 Å². The van der Waals surface area contributed by atoms with Crippen LogP contribution in [0.25, 0.3) is 0 Å². The summed E-state index contributed by atoms with van der Waals surface area (Å²) in [6, 6.07) is 17.0. The van der Waals surface area contributed by atoms with E-state index in [0.29, 0.717) is 17.1 Å². The normalized spacial score (nSPS) is 20.0. The van der Waals surface area contributed by atoms with Gasteiger partial charge in [-0.1, -0.05) is 48.5 Å². The molecule has 2 aromatic carbocycles. The Labute approximate surface area is 191 Å². The number of piperidine rings is 1. The zero-order valence-corrected chi connectivity index (χ0v) is 18.1. The Morgan fingerprint density at radius 1 is 0.939 bits per heavy atom. The lowest BCUT2D eigenvalue weighted by molar-refractivity contribution is -0.118. The lowest BCUT2D eigenvalue weighted by Crippen LogP contribution is -2.52. The fourth-order valence-corrected chi connectivity index (χ4v) is 4.60. The van der Waals surface area contributed by atoms with Crippen LogP contribution in [0.5, 0.6) is 0 Å². The number of carbonyl (C=O) groups is 2. The van der Waals surface area contributed by atoms with E-state index >= 15 is 0 Å². The molecule has 2 amide bonds. The Bertz CT molecular complexity index is 1220. The van der Waals surface area contributed by atoms with Crippen molar-refractivity contribution in [1.29, 1.82) is 0 Å². The van der Waals surface area contributed by atoms with Gasteiger partial charge in [-0.25, -0.2) is 0 Å². The highest BCUT2D eigenvalue weighted by Crippen LogP contribution is 2.35. The number of nitrogens with zero attached hydrogens (tertiary/aromatic N) is 2. The molecule has 2 aliphatic rings. The number of nitrogens with one attached hydrogen (secondary N) is 3. The van der Waals surface area contributed by atoms with Crippen molar-refractivity contribution in [2.24, 2.45) is 0 Å². The molecular formula is C25H25N5O3. The summed E-state index contributed by atoms with van der Waals surface area (Å²) in [7, 11) is 0. The molecule has 168 valence electrons. The van der Waals surface area contributed by atoms with E-state index in [2.05, 4.69) is 20.6 Å². The second-order valence-electron chi connectivity index (χ2n) is 8.39. The first-order valence-corrected chi connectivity index (χ1v) is 11.2. The Morgan fingerprint density at radius 3 is 2.30 bits per heavy atom. The van der Waals surface area contributed by atoms with Crippen molar-refractivity contribution in [1.82, 2.24) is 15.3 Å². The molecule has 2 atom stereocenters. The van der Waals surface area contributed by atoms with Gasteiger partial charge >= 0.3 is 0 Å². The van der Waals surface area contributed by atoms with Crippen molar-refractivity contribution in [2.75, 3.05) is 23.3 Å². The number of H-pyrrole nitrogens is 1. The van der Waals surface area contributed by atoms with Crippen molar-refractivity contribution in [2.45, 2.75) is 31.2 Å². The fourth-order valence-electron chi connectivity index (χ4n) is 4.60. The first-order valence-electron chi connectivity index (χ1n) is 11.2. The zero-order chi connectivity index (χ0) is 22.8. The molecule has 8 nitrogen and oxygen atoms in total. The first-order chi connectivity index (χ1) is 16.1. The van der Waals surface area contributed by atoms with Gasteiger partial charge in [-0.3, -0.25) is 19.4 Å². The highest BCUT2D eigenvalue weighted by molar-refractivity contribution is 6.03. The van der Waals surface area contributed by atoms with Crippen LogP contribution < -0.4 is 21.1 Å². The molecule has 1 aromatic heterocycles. The van der Waals surface area contributed by atoms with Crippen LogP contribution in [0.2, 0.25) is 0 Å². The minimum absolute atomic E-state index is 0.253. The Balaban J connectivity index is 1.56. The Morgan fingerprint density at radius 2 is 1.61 bits per heavy atom. The summed E-state index contributed by atoms with van der Waals surface area (Å²) in [6.07, 6.45) is 3.22. The number of amides is 2. The third-order valence-corrected chi connectivity index (χ3v) is 6.25. The average molecular weight is 444 g/mol. The van der Waals surface area contributed by atoms with Crippen molar-refractivity contribution in [3.05, 3.63) is 87.7 Å². The molecule has 1 saturated heterocycles. The topological polar surface area (TPSA) is 107 Å². The molecule has 0 spiro atoms. The van der Waals surface area contributed by atoms with E-state index in [4.69, 9.17) is 0 Å². The highest BCUT2D eigenvalue weighted by Gasteiger charge is 2.41. The van der Waals surface area contributed by atoms with Crippen LogP contribution >= 0.6 is 0 Å². The van der Waals surface area contributed by atoms with Crippen LogP contribution in [0.15, 0.2) is 65.5 Å². The summed E-state index contributed by atoms with van der Waals surface area (Å²) in [4.78, 5) is 49.0. The van der Waals surface area contributed by atoms with Gasteiger partial charge in [-0.2, -0.15) is 4.98 Å². The van der Waals surface area contributed by atoms with E-state index in [1.165, 1.54) is 0 Å². The van der Waals surface area contributed by atoms with Crippen LogP contribution in [-0.4, -0.2) is 40.9 Å². The van der Waals surface area contributed by atoms with Gasteiger partial charge in [0.25, 0.3) is 11.5 Å². The molecule has 0 saturated carbocycles. The van der Waals surface area contributed by atoms with Crippen LogP contribution in [0.1, 0.15) is 46.7 Å². The SMILES string of the molecule is O=C(NC1C(=O)Nc2nc(N3CCCCC3)[nH]c(=O)c2C1c1ccccc1)c1ccccc1. The molecule has 3 N–H and O–H groups in total. The molecule has 33 heavy (non-hydrogen) atoms. The first kappa shape index (κ1) is 20.9. The lowest BCUT2D eigenvalue weighted by Gasteiger charge is -2.34. The van der Waals surface area contributed by atoms with Gasteiger partial charge < -0.3 is 15.5 Å². The number of anilines is 2. The van der Waals surface area contributed by atoms with Gasteiger partial charge in [-0.15, -0.1) is 0 Å². The van der Waals surface area contributed by atoms with Crippen LogP contribution in [0.4, 0.5) is 11.8 Å². The highest BCUT2D eigenvalue weighted by atomic mass is 16.2. The smallest absolute Gasteiger partial charge is 0.258 e. The van der Waals surface area contributed by atoms with Crippen LogP contribution in [-0.2, 0) is 4.79 Å². The number of carbonyl (C=O) groups excluding carboxylic acids is 2. The van der Waals surface area contributed by atoms with Crippen molar-refractivity contribution >= 4 is 23.6 Å². The maximum atomic E-state index is 13.3. The van der Waals surface area contributed by atoms with E-state index in [9.17, 15) is 14.4 Å². The van der Waals surface area contributed by atoms with E-state index in [1.807, 2.05) is 41.3 Å². The van der Waals surface area contributed by atoms with Crippen LogP contribution in [0.3, 0.4) is 0 Å². The molecule has 0 bridgehead atoms. The molecule has 3 aromatic rings. The number of benzene rings is 2. The van der Waals surface area contributed by atoms with Crippen molar-refractivity contribution < 1.29 is 9.59 Å². The molecule has 0 aliphatic carbocycles. The predicted octanol–water partition coefficient (Wildman–Crippen LogP) is 2.64. The molecule has 5 rings (SSSR count). The zero-order valence-electron chi connectivity index (χ0n) is 18.1. The fraction of sp³-hybridized carbons (Fsp3) is 0.280. The molecule has 1 fully saturated rings. The number of rotatable bonds is 4. The summed E-state index contributed by atoms with van der Waals surface area (Å²) in [5.74, 6) is -0.729. The molecule has 8 heteroatoms. The molecular weight excluding hydrogens is 418 g/mol. The van der Waals surface area contributed by atoms with E-state index in [1.54, 1.807) is 24.3 Å². The standard InChI is InChI=1S/C25H25N5O3/c31-22(17-12-6-2-7-13-17)26-20-18(16-10-4-1-5-11-16)19-21(27-24(20)33)28-25(29-23(19)32)30-14-8-3-9-15-30/h1-2,4-7,10-13,18,20H,3,8-9,14-15H2,(H,26,31)(H2,27,28,29,32,33). The van der Waals surface area contributed by atoms with Crippen molar-refractivity contribution in [3.63, 3.8) is 0 Å². The van der Waals surface area contributed by atoms with Gasteiger partial charge in [0, 0.05) is 24.6 Å². The molecule has 2 aliphatic heterocycles. The Hall–Kier alpha value is -3.94. The number of aromatic nitrogens is 2. The molecule has 0 radical (unpaired) electrons. The predicted molar refractivity (Wildman–Crippen MR) is 126 cm³/mol. The second kappa shape index (κ2) is 8.90. The molecule has 3 heterocycles. The third kappa shape index (κ3) is 4.11. The maximum absolute atomic E-state index is 13.3. The van der Waals surface area contributed by atoms with Crippen LogP contribution in [0, 0.1) is 0 Å². The van der Waals surface area contributed by atoms with Gasteiger partial charge in [0.15, 0.2) is 0 Å². The summed E-state index contributed by atoms with van der Waals surface area (Å²) >= 11 is 0. The minimum Gasteiger partial charge on any atom is -0.342 e. The quantitative estimate of drug-likeness (QED) is 0.575. The third-order valence-electron chi connectivity index (χ3n) is 6.25. The lowest BCUT2D eigenvalue weighted by atomic mass is 9.82. The minimum atomic E-state index is -0.962. The van der Waals surface area contributed by atoms with Crippen molar-refractivity contribution in [3.8, 4) is 0 Å². The summed E-state index contributed by atoms with van der Waals surface area (Å²) < 4.78 is 0. The van der Waals surface area contributed by atoms with Gasteiger partial charge in [0.05, 0.1) is 5.56 Å². The number of aromatic amines is 1. The average Bonchev–Trinajstić information content (AvgIpc) is 2.86. The van der Waals surface area contributed by atoms with E-state index in [0.717, 1.165) is 37.9 Å². The number of hydrogen-bond donors (Lipinski definition) is 3. The van der Waals surface area contributed by atoms with E-state index in [-0.39, 0.29) is 17.3 Å². The largest absolute Gasteiger partial charge is 0.342 e. The summed E-state index contributed by atoms with van der Waals surface area (Å²) in [5, 5.41) is 5.61. The van der Waals surface area contributed by atoms with Gasteiger partial charge in [-0.05, 0) is 37.0 Å². The number of fused-ring (bicyclic) bond motifs is 1. The van der Waals surface area contributed by atoms with Gasteiger partial charge in [0.1, 0.15) is 11.9 Å². The maximum Gasteiger partial charge on any atom is 0.258 e. The number of hydrogen-bond acceptors (Lipinski definition) is 5. The summed E-state index contributed by atoms with van der Waals surface area (Å²) in [5.41, 5.74) is 1.23. The summed E-state index contributed by atoms with van der Waals surface area (Å²) in [6.45, 7) is 1.63. The second-order valence-corrected chi connectivity index (χ2v) is 8.39.